The molecule has 0 aromatic heterocycles. The Hall–Kier alpha value is -2.81. The third-order valence-corrected chi connectivity index (χ3v) is 6.69. The quantitative estimate of drug-likeness (QED) is 0.372. The summed E-state index contributed by atoms with van der Waals surface area (Å²) in [5.74, 6) is 0.851. The summed E-state index contributed by atoms with van der Waals surface area (Å²) in [6, 6.07) is 21.1. The molecular formula is C22H21NO5S2. The molecule has 0 spiro atoms. The maximum atomic E-state index is 12.4. The van der Waals surface area contributed by atoms with Crippen molar-refractivity contribution in [1.29, 1.82) is 0 Å². The summed E-state index contributed by atoms with van der Waals surface area (Å²) in [7, 11) is -3.78. The zero-order valence-electron chi connectivity index (χ0n) is 16.2. The number of rotatable bonds is 9. The maximum absolute atomic E-state index is 12.4. The Morgan fingerprint density at radius 2 is 1.67 bits per heavy atom. The monoisotopic (exact) mass is 443 g/mol. The lowest BCUT2D eigenvalue weighted by molar-refractivity contribution is 0.0696. The van der Waals surface area contributed by atoms with Gasteiger partial charge in [0, 0.05) is 17.2 Å². The summed E-state index contributed by atoms with van der Waals surface area (Å²) in [6.07, 6.45) is 0. The van der Waals surface area contributed by atoms with Crippen LogP contribution in [0.3, 0.4) is 0 Å². The fourth-order valence-corrected chi connectivity index (χ4v) is 4.61. The van der Waals surface area contributed by atoms with Gasteiger partial charge < -0.3 is 9.84 Å². The fourth-order valence-electron chi connectivity index (χ4n) is 2.66. The molecule has 30 heavy (non-hydrogen) atoms. The molecule has 0 aliphatic rings. The molecule has 2 N–H and O–H groups in total. The highest BCUT2D eigenvalue weighted by molar-refractivity contribution is 7.99. The Balaban J connectivity index is 1.52. The lowest BCUT2D eigenvalue weighted by Crippen LogP contribution is -2.26. The van der Waals surface area contributed by atoms with E-state index in [2.05, 4.69) is 4.72 Å². The number of aryl methyl sites for hydroxylation is 1. The van der Waals surface area contributed by atoms with E-state index in [4.69, 9.17) is 4.74 Å². The Morgan fingerprint density at radius 3 is 2.33 bits per heavy atom. The number of hydrogen-bond acceptors (Lipinski definition) is 5. The molecular weight excluding hydrogens is 422 g/mol. The second-order valence-corrected chi connectivity index (χ2v) is 9.35. The second-order valence-electron chi connectivity index (χ2n) is 6.41. The van der Waals surface area contributed by atoms with Crippen LogP contribution in [0.15, 0.2) is 82.6 Å². The van der Waals surface area contributed by atoms with Gasteiger partial charge in [0.15, 0.2) is 0 Å². The minimum Gasteiger partial charge on any atom is -0.478 e. The average molecular weight is 444 g/mol. The molecule has 0 saturated heterocycles. The molecule has 0 amide bonds. The largest absolute Gasteiger partial charge is 0.478 e. The van der Waals surface area contributed by atoms with Crippen molar-refractivity contribution < 1.29 is 23.1 Å². The molecule has 0 bridgehead atoms. The Morgan fingerprint density at radius 1 is 1.00 bits per heavy atom. The van der Waals surface area contributed by atoms with Gasteiger partial charge >= 0.3 is 5.97 Å². The summed E-state index contributed by atoms with van der Waals surface area (Å²) < 4.78 is 33.1. The van der Waals surface area contributed by atoms with Gasteiger partial charge in [-0.1, -0.05) is 24.3 Å². The number of sulfonamides is 1. The number of carboxylic acids is 1. The topological polar surface area (TPSA) is 92.7 Å². The van der Waals surface area contributed by atoms with Crippen molar-refractivity contribution in [1.82, 2.24) is 4.72 Å². The van der Waals surface area contributed by atoms with E-state index in [1.165, 1.54) is 30.0 Å². The zero-order valence-corrected chi connectivity index (χ0v) is 17.9. The van der Waals surface area contributed by atoms with Gasteiger partial charge in [-0.2, -0.15) is 0 Å². The van der Waals surface area contributed by atoms with E-state index in [1.54, 1.807) is 6.92 Å². The zero-order chi connectivity index (χ0) is 21.6. The van der Waals surface area contributed by atoms with Crippen molar-refractivity contribution in [3.8, 4) is 11.5 Å². The van der Waals surface area contributed by atoms with Crippen molar-refractivity contribution in [3.63, 3.8) is 0 Å². The minimum absolute atomic E-state index is 0.0231. The average Bonchev–Trinajstić information content (AvgIpc) is 2.73. The third kappa shape index (κ3) is 5.85. The van der Waals surface area contributed by atoms with Gasteiger partial charge in [-0.15, -0.1) is 11.8 Å². The molecule has 0 unspecified atom stereocenters. The van der Waals surface area contributed by atoms with Gasteiger partial charge in [0.05, 0.1) is 10.5 Å². The molecule has 8 heteroatoms. The second kappa shape index (κ2) is 9.80. The number of nitrogens with one attached hydrogen (secondary N) is 1. The summed E-state index contributed by atoms with van der Waals surface area (Å²) in [4.78, 5) is 12.1. The van der Waals surface area contributed by atoms with Crippen LogP contribution in [0.4, 0.5) is 0 Å². The fraction of sp³-hybridized carbons (Fsp3) is 0.136. The molecule has 156 valence electrons. The number of ether oxygens (including phenoxy) is 1. The molecule has 0 aliphatic heterocycles. The van der Waals surface area contributed by atoms with Crippen LogP contribution < -0.4 is 9.46 Å². The van der Waals surface area contributed by atoms with Crippen LogP contribution in [0.25, 0.3) is 0 Å². The van der Waals surface area contributed by atoms with E-state index >= 15 is 0 Å². The molecule has 0 fully saturated rings. The number of benzene rings is 3. The predicted octanol–water partition coefficient (Wildman–Crippen LogP) is 4.56. The molecule has 6 nitrogen and oxygen atoms in total. The van der Waals surface area contributed by atoms with E-state index in [1.807, 2.05) is 54.6 Å². The molecule has 0 radical (unpaired) electrons. The van der Waals surface area contributed by atoms with E-state index in [0.29, 0.717) is 11.3 Å². The summed E-state index contributed by atoms with van der Waals surface area (Å²) in [5.41, 5.74) is 0.488. The Labute approximate surface area is 180 Å². The van der Waals surface area contributed by atoms with Crippen LogP contribution in [0, 0.1) is 6.92 Å². The highest BCUT2D eigenvalue weighted by Crippen LogP contribution is 2.25. The Kier molecular flexibility index (Phi) is 7.15. The molecule has 0 saturated carbocycles. The third-order valence-electron chi connectivity index (χ3n) is 4.22. The number of thioether (sulfide) groups is 1. The molecule has 0 aliphatic carbocycles. The first-order valence-corrected chi connectivity index (χ1v) is 11.6. The van der Waals surface area contributed by atoms with Crippen LogP contribution in [0.2, 0.25) is 0 Å². The number of carboxylic acid groups (broad SMARTS) is 1. The van der Waals surface area contributed by atoms with E-state index < -0.39 is 16.0 Å². The number of hydrogen-bond donors (Lipinski definition) is 2. The van der Waals surface area contributed by atoms with Crippen LogP contribution >= 0.6 is 11.8 Å². The van der Waals surface area contributed by atoms with E-state index in [-0.39, 0.29) is 17.0 Å². The van der Waals surface area contributed by atoms with Crippen LogP contribution in [0.1, 0.15) is 15.9 Å². The molecule has 3 aromatic rings. The molecule has 3 aromatic carbocycles. The summed E-state index contributed by atoms with van der Waals surface area (Å²) >= 11 is 1.51. The lowest BCUT2D eigenvalue weighted by atomic mass is 10.1. The minimum atomic E-state index is -3.78. The Bertz CT molecular complexity index is 1110. The van der Waals surface area contributed by atoms with Gasteiger partial charge in [0.25, 0.3) is 0 Å². The summed E-state index contributed by atoms with van der Waals surface area (Å²) in [5, 5.41) is 9.17. The van der Waals surface area contributed by atoms with Gasteiger partial charge in [-0.05, 0) is 61.0 Å². The van der Waals surface area contributed by atoms with Crippen molar-refractivity contribution in [3.05, 3.63) is 83.9 Å². The number of para-hydroxylation sites is 1. The van der Waals surface area contributed by atoms with Crippen molar-refractivity contribution >= 4 is 27.8 Å². The smallest absolute Gasteiger partial charge is 0.335 e. The van der Waals surface area contributed by atoms with Gasteiger partial charge in [0.1, 0.15) is 11.5 Å². The normalized spacial score (nSPS) is 11.2. The SMILES string of the molecule is Cc1ccc(S(=O)(=O)NCCSc2ccc(Oc3ccccc3)cc2)cc1C(=O)O. The van der Waals surface area contributed by atoms with Crippen molar-refractivity contribution in [2.24, 2.45) is 0 Å². The van der Waals surface area contributed by atoms with Crippen LogP contribution in [0.5, 0.6) is 11.5 Å². The molecule has 3 rings (SSSR count). The predicted molar refractivity (Wildman–Crippen MR) is 117 cm³/mol. The first kappa shape index (κ1) is 21.9. The van der Waals surface area contributed by atoms with E-state index in [9.17, 15) is 18.3 Å². The van der Waals surface area contributed by atoms with Crippen molar-refractivity contribution in [2.75, 3.05) is 12.3 Å². The maximum Gasteiger partial charge on any atom is 0.335 e. The standard InChI is InChI=1S/C22H21NO5S2/c1-16-7-12-20(15-21(16)22(24)25)30(26,27)23-13-14-29-19-10-8-18(9-11-19)28-17-5-3-2-4-6-17/h2-12,15,23H,13-14H2,1H3,(H,24,25). The lowest BCUT2D eigenvalue weighted by Gasteiger charge is -2.09. The van der Waals surface area contributed by atoms with Gasteiger partial charge in [-0.3, -0.25) is 0 Å². The highest BCUT2D eigenvalue weighted by Gasteiger charge is 2.17. The van der Waals surface area contributed by atoms with Gasteiger partial charge in [-0.25, -0.2) is 17.9 Å². The van der Waals surface area contributed by atoms with Gasteiger partial charge in [0.2, 0.25) is 10.0 Å². The highest BCUT2D eigenvalue weighted by atomic mass is 32.2. The van der Waals surface area contributed by atoms with Crippen LogP contribution in [-0.4, -0.2) is 31.8 Å². The molecule has 0 atom stereocenters. The van der Waals surface area contributed by atoms with Crippen LogP contribution in [-0.2, 0) is 10.0 Å². The van der Waals surface area contributed by atoms with E-state index in [0.717, 1.165) is 16.4 Å². The number of carbonyl (C=O) groups is 1. The van der Waals surface area contributed by atoms with Crippen molar-refractivity contribution in [2.45, 2.75) is 16.7 Å². The number of aromatic carboxylic acids is 1. The molecule has 0 heterocycles. The first-order valence-electron chi connectivity index (χ1n) is 9.14. The summed E-state index contributed by atoms with van der Waals surface area (Å²) in [6.45, 7) is 1.84. The first-order chi connectivity index (χ1) is 14.3.